The molecule has 2 aromatic rings. The molecule has 16 heavy (non-hydrogen) atoms. The Balaban J connectivity index is 2.33. The first-order chi connectivity index (χ1) is 7.86. The summed E-state index contributed by atoms with van der Waals surface area (Å²) in [5.74, 6) is 0. The highest BCUT2D eigenvalue weighted by atomic mass is 16.2. The molecule has 0 aliphatic rings. The minimum Gasteiger partial charge on any atom is -0.396 e. The molecule has 0 fully saturated rings. The Morgan fingerprint density at radius 1 is 1.44 bits per heavy atom. The lowest BCUT2D eigenvalue weighted by molar-refractivity contribution is 0.112. The summed E-state index contributed by atoms with van der Waals surface area (Å²) in [7, 11) is 0. The SMILES string of the molecule is O=Cc1cn(CCCCO)c2ncccc12. The highest BCUT2D eigenvalue weighted by Crippen LogP contribution is 2.18. The van der Waals surface area contributed by atoms with Crippen LogP contribution in [0, 0.1) is 0 Å². The number of pyridine rings is 1. The molecule has 0 bridgehead atoms. The molecule has 0 unspecified atom stereocenters. The van der Waals surface area contributed by atoms with Gasteiger partial charge in [-0.05, 0) is 25.0 Å². The average Bonchev–Trinajstić information content (AvgIpc) is 2.68. The van der Waals surface area contributed by atoms with E-state index in [0.717, 1.165) is 36.7 Å². The third kappa shape index (κ3) is 1.97. The number of aromatic nitrogens is 2. The molecule has 1 N–H and O–H groups in total. The van der Waals surface area contributed by atoms with Crippen LogP contribution in [-0.4, -0.2) is 27.6 Å². The van der Waals surface area contributed by atoms with Gasteiger partial charge in [-0.15, -0.1) is 0 Å². The van der Waals surface area contributed by atoms with Gasteiger partial charge in [0.05, 0.1) is 0 Å². The van der Waals surface area contributed by atoms with E-state index >= 15 is 0 Å². The summed E-state index contributed by atoms with van der Waals surface area (Å²) in [6.07, 6.45) is 6.05. The Hall–Kier alpha value is -1.68. The number of carbonyl (C=O) groups excluding carboxylic acids is 1. The number of hydrogen-bond donors (Lipinski definition) is 1. The third-order valence-corrected chi connectivity index (χ3v) is 2.60. The normalized spacial score (nSPS) is 10.8. The van der Waals surface area contributed by atoms with E-state index in [1.165, 1.54) is 0 Å². The van der Waals surface area contributed by atoms with Crippen LogP contribution in [0.1, 0.15) is 23.2 Å². The summed E-state index contributed by atoms with van der Waals surface area (Å²) in [5.41, 5.74) is 1.51. The molecule has 4 heteroatoms. The Morgan fingerprint density at radius 2 is 2.31 bits per heavy atom. The van der Waals surface area contributed by atoms with E-state index in [1.54, 1.807) is 6.20 Å². The Morgan fingerprint density at radius 3 is 3.06 bits per heavy atom. The van der Waals surface area contributed by atoms with Crippen LogP contribution in [0.5, 0.6) is 0 Å². The number of aliphatic hydroxyl groups is 1. The van der Waals surface area contributed by atoms with Crippen molar-refractivity contribution in [1.82, 2.24) is 9.55 Å². The lowest BCUT2D eigenvalue weighted by atomic mass is 10.2. The van der Waals surface area contributed by atoms with Gasteiger partial charge in [0, 0.05) is 36.5 Å². The number of fused-ring (bicyclic) bond motifs is 1. The maximum Gasteiger partial charge on any atom is 0.152 e. The fourth-order valence-corrected chi connectivity index (χ4v) is 1.81. The van der Waals surface area contributed by atoms with Crippen LogP contribution in [0.15, 0.2) is 24.5 Å². The summed E-state index contributed by atoms with van der Waals surface area (Å²) in [6, 6.07) is 3.72. The first-order valence-corrected chi connectivity index (χ1v) is 5.36. The number of carbonyl (C=O) groups is 1. The second kappa shape index (κ2) is 4.90. The number of aldehydes is 1. The fraction of sp³-hybridized carbons (Fsp3) is 0.333. The molecular weight excluding hydrogens is 204 g/mol. The first-order valence-electron chi connectivity index (χ1n) is 5.36. The second-order valence-electron chi connectivity index (χ2n) is 3.70. The molecule has 2 aromatic heterocycles. The largest absolute Gasteiger partial charge is 0.396 e. The zero-order valence-corrected chi connectivity index (χ0v) is 8.97. The Bertz CT molecular complexity index is 491. The van der Waals surface area contributed by atoms with Crippen LogP contribution in [0.3, 0.4) is 0 Å². The molecule has 2 rings (SSSR count). The van der Waals surface area contributed by atoms with Gasteiger partial charge in [0.1, 0.15) is 5.65 Å². The zero-order chi connectivity index (χ0) is 11.4. The topological polar surface area (TPSA) is 55.1 Å². The van der Waals surface area contributed by atoms with Crippen LogP contribution in [-0.2, 0) is 6.54 Å². The van der Waals surface area contributed by atoms with E-state index in [-0.39, 0.29) is 6.61 Å². The summed E-state index contributed by atoms with van der Waals surface area (Å²) >= 11 is 0. The predicted molar refractivity (Wildman–Crippen MR) is 61.4 cm³/mol. The van der Waals surface area contributed by atoms with Crippen LogP contribution < -0.4 is 0 Å². The van der Waals surface area contributed by atoms with Gasteiger partial charge < -0.3 is 9.67 Å². The average molecular weight is 218 g/mol. The molecule has 0 atom stereocenters. The summed E-state index contributed by atoms with van der Waals surface area (Å²) in [6.45, 7) is 0.981. The molecule has 0 radical (unpaired) electrons. The molecule has 0 aromatic carbocycles. The number of nitrogens with zero attached hydrogens (tertiary/aromatic N) is 2. The number of hydrogen-bond acceptors (Lipinski definition) is 3. The van der Waals surface area contributed by atoms with E-state index < -0.39 is 0 Å². The Labute approximate surface area is 93.5 Å². The summed E-state index contributed by atoms with van der Waals surface area (Å²) in [5, 5.41) is 9.62. The van der Waals surface area contributed by atoms with Crippen LogP contribution in [0.2, 0.25) is 0 Å². The molecular formula is C12H14N2O2. The summed E-state index contributed by atoms with van der Waals surface area (Å²) < 4.78 is 1.97. The molecule has 2 heterocycles. The molecule has 0 saturated heterocycles. The fourth-order valence-electron chi connectivity index (χ4n) is 1.81. The maximum atomic E-state index is 10.9. The van der Waals surface area contributed by atoms with Gasteiger partial charge in [-0.25, -0.2) is 4.98 Å². The minimum atomic E-state index is 0.202. The van der Waals surface area contributed by atoms with Crippen LogP contribution in [0.25, 0.3) is 11.0 Å². The van der Waals surface area contributed by atoms with E-state index in [1.807, 2.05) is 22.9 Å². The minimum absolute atomic E-state index is 0.202. The van der Waals surface area contributed by atoms with Gasteiger partial charge >= 0.3 is 0 Å². The number of rotatable bonds is 5. The van der Waals surface area contributed by atoms with Gasteiger partial charge in [-0.1, -0.05) is 0 Å². The highest BCUT2D eigenvalue weighted by Gasteiger charge is 2.07. The van der Waals surface area contributed by atoms with Crippen molar-refractivity contribution in [3.63, 3.8) is 0 Å². The van der Waals surface area contributed by atoms with E-state index in [9.17, 15) is 4.79 Å². The monoisotopic (exact) mass is 218 g/mol. The highest BCUT2D eigenvalue weighted by molar-refractivity contribution is 5.95. The zero-order valence-electron chi connectivity index (χ0n) is 8.97. The molecule has 0 spiro atoms. The molecule has 0 aliphatic carbocycles. The van der Waals surface area contributed by atoms with Crippen molar-refractivity contribution in [3.05, 3.63) is 30.1 Å². The number of aryl methyl sites for hydroxylation is 1. The van der Waals surface area contributed by atoms with Crippen molar-refractivity contribution in [2.45, 2.75) is 19.4 Å². The molecule has 0 amide bonds. The van der Waals surface area contributed by atoms with Gasteiger partial charge in [0.15, 0.2) is 6.29 Å². The molecule has 0 saturated carbocycles. The van der Waals surface area contributed by atoms with Gasteiger partial charge in [-0.3, -0.25) is 4.79 Å². The molecule has 4 nitrogen and oxygen atoms in total. The third-order valence-electron chi connectivity index (χ3n) is 2.60. The van der Waals surface area contributed by atoms with Crippen molar-refractivity contribution in [2.24, 2.45) is 0 Å². The lowest BCUT2D eigenvalue weighted by Gasteiger charge is -2.02. The van der Waals surface area contributed by atoms with Crippen molar-refractivity contribution >= 4 is 17.3 Å². The van der Waals surface area contributed by atoms with Crippen molar-refractivity contribution in [2.75, 3.05) is 6.61 Å². The Kier molecular flexibility index (Phi) is 3.31. The molecule has 84 valence electrons. The second-order valence-corrected chi connectivity index (χ2v) is 3.70. The predicted octanol–water partition coefficient (Wildman–Crippen LogP) is 1.62. The van der Waals surface area contributed by atoms with E-state index in [2.05, 4.69) is 4.98 Å². The van der Waals surface area contributed by atoms with Gasteiger partial charge in [-0.2, -0.15) is 0 Å². The van der Waals surface area contributed by atoms with Crippen molar-refractivity contribution in [3.8, 4) is 0 Å². The van der Waals surface area contributed by atoms with E-state index in [0.29, 0.717) is 5.56 Å². The van der Waals surface area contributed by atoms with Crippen LogP contribution >= 0.6 is 0 Å². The molecule has 0 aliphatic heterocycles. The van der Waals surface area contributed by atoms with Crippen molar-refractivity contribution in [1.29, 1.82) is 0 Å². The number of aliphatic hydroxyl groups excluding tert-OH is 1. The number of unbranched alkanes of at least 4 members (excludes halogenated alkanes) is 1. The van der Waals surface area contributed by atoms with Gasteiger partial charge in [0.2, 0.25) is 0 Å². The van der Waals surface area contributed by atoms with Crippen LogP contribution in [0.4, 0.5) is 0 Å². The maximum absolute atomic E-state index is 10.9. The van der Waals surface area contributed by atoms with Crippen molar-refractivity contribution < 1.29 is 9.90 Å². The standard InChI is InChI=1S/C12H14N2O2/c15-7-2-1-6-14-8-10(9-16)11-4-3-5-13-12(11)14/h3-5,8-9,15H,1-2,6-7H2. The van der Waals surface area contributed by atoms with Gasteiger partial charge in [0.25, 0.3) is 0 Å². The lowest BCUT2D eigenvalue weighted by Crippen LogP contribution is -1.98. The smallest absolute Gasteiger partial charge is 0.152 e. The summed E-state index contributed by atoms with van der Waals surface area (Å²) in [4.78, 5) is 15.2. The first kappa shape index (κ1) is 10.8. The quantitative estimate of drug-likeness (QED) is 0.613. The van der Waals surface area contributed by atoms with E-state index in [4.69, 9.17) is 5.11 Å².